The van der Waals surface area contributed by atoms with E-state index >= 15 is 0 Å². The maximum Gasteiger partial charge on any atom is 0.335 e. The molecule has 0 atom stereocenters. The molecule has 4 aromatic rings. The van der Waals surface area contributed by atoms with Crippen LogP contribution in [0.2, 0.25) is 0 Å². The molecule has 0 spiro atoms. The van der Waals surface area contributed by atoms with E-state index in [-0.39, 0.29) is 35.4 Å². The largest absolute Gasteiger partial charge is 0.505 e. The van der Waals surface area contributed by atoms with E-state index in [1.807, 2.05) is 18.2 Å². The summed E-state index contributed by atoms with van der Waals surface area (Å²) < 4.78 is 10.9. The molecule has 0 saturated carbocycles. The lowest BCUT2D eigenvalue weighted by molar-refractivity contribution is -0.111. The van der Waals surface area contributed by atoms with E-state index in [4.69, 9.17) is 9.47 Å². The molecule has 0 saturated heterocycles. The molecule has 0 unspecified atom stereocenters. The van der Waals surface area contributed by atoms with Gasteiger partial charge in [0.2, 0.25) is 6.79 Å². The van der Waals surface area contributed by atoms with Crippen LogP contribution in [0, 0.1) is 0 Å². The van der Waals surface area contributed by atoms with Gasteiger partial charge in [-0.1, -0.05) is 42.5 Å². The zero-order valence-electron chi connectivity index (χ0n) is 19.2. The van der Waals surface area contributed by atoms with Crippen LogP contribution in [-0.2, 0) is 4.79 Å². The normalized spacial score (nSPS) is 14.6. The number of benzene rings is 4. The quantitative estimate of drug-likeness (QED) is 0.265. The topological polar surface area (TPSA) is 121 Å². The predicted molar refractivity (Wildman–Crippen MR) is 137 cm³/mol. The Morgan fingerprint density at radius 2 is 1.68 bits per heavy atom. The van der Waals surface area contributed by atoms with Gasteiger partial charge in [0.25, 0.3) is 5.91 Å². The summed E-state index contributed by atoms with van der Waals surface area (Å²) in [5, 5.41) is 24.6. The number of anilines is 3. The number of amides is 1. The molecule has 9 nitrogen and oxygen atoms in total. The Hall–Kier alpha value is -5.31. The molecule has 0 aliphatic carbocycles. The van der Waals surface area contributed by atoms with Gasteiger partial charge in [0.05, 0.1) is 22.6 Å². The second-order valence-corrected chi connectivity index (χ2v) is 8.36. The van der Waals surface area contributed by atoms with Crippen LogP contribution in [-0.4, -0.2) is 34.6 Å². The lowest BCUT2D eigenvalue weighted by Gasteiger charge is -2.17. The van der Waals surface area contributed by atoms with Crippen molar-refractivity contribution in [2.45, 2.75) is 0 Å². The Bertz CT molecular complexity index is 1610. The first kappa shape index (κ1) is 22.2. The number of carbonyl (C=O) groups is 2. The summed E-state index contributed by atoms with van der Waals surface area (Å²) in [5.41, 5.74) is 6.21. The molecule has 37 heavy (non-hydrogen) atoms. The monoisotopic (exact) mass is 493 g/mol. The van der Waals surface area contributed by atoms with Gasteiger partial charge in [-0.2, -0.15) is 5.10 Å². The zero-order chi connectivity index (χ0) is 25.5. The van der Waals surface area contributed by atoms with Crippen molar-refractivity contribution in [2.24, 2.45) is 5.10 Å². The standard InChI is InChI=1S/C28H19N3O6/c32-26-19(16-5-3-6-17(13-16)28(34)35)8-4-9-21(26)29-30-25-20-7-1-2-10-22(20)31(27(25)33)18-11-12-23-24(14-18)37-15-36-23/h1-14,29,32H,15H2,(H,34,35)/b30-25-. The summed E-state index contributed by atoms with van der Waals surface area (Å²) >= 11 is 0. The first-order valence-electron chi connectivity index (χ1n) is 11.3. The second kappa shape index (κ2) is 8.72. The Labute approximate surface area is 210 Å². The highest BCUT2D eigenvalue weighted by molar-refractivity contribution is 6.55. The molecule has 0 radical (unpaired) electrons. The van der Waals surface area contributed by atoms with E-state index in [2.05, 4.69) is 10.5 Å². The molecule has 0 fully saturated rings. The molecule has 4 aromatic carbocycles. The van der Waals surface area contributed by atoms with Gasteiger partial charge >= 0.3 is 5.97 Å². The van der Waals surface area contributed by atoms with Crippen molar-refractivity contribution in [3.05, 3.63) is 96.1 Å². The van der Waals surface area contributed by atoms with Crippen LogP contribution in [0.25, 0.3) is 11.1 Å². The minimum atomic E-state index is -1.06. The van der Waals surface area contributed by atoms with Crippen LogP contribution in [0.4, 0.5) is 17.1 Å². The summed E-state index contributed by atoms with van der Waals surface area (Å²) in [6.07, 6.45) is 0. The van der Waals surface area contributed by atoms with Crippen LogP contribution in [0.15, 0.2) is 90.0 Å². The summed E-state index contributed by atoms with van der Waals surface area (Å²) in [7, 11) is 0. The van der Waals surface area contributed by atoms with E-state index < -0.39 is 5.97 Å². The van der Waals surface area contributed by atoms with Crippen LogP contribution in [0.3, 0.4) is 0 Å². The van der Waals surface area contributed by atoms with E-state index in [1.165, 1.54) is 12.1 Å². The number of phenols is 1. The number of hydrazone groups is 1. The Morgan fingerprint density at radius 1 is 0.892 bits per heavy atom. The number of carboxylic acids is 1. The number of para-hydroxylation sites is 2. The SMILES string of the molecule is O=C(O)c1cccc(-c2cccc(N/N=C3\C(=O)N(c4ccc5c(c4)OCO5)c4ccccc43)c2O)c1. The molecule has 9 heteroatoms. The zero-order valence-corrected chi connectivity index (χ0v) is 19.2. The number of hydrogen-bond acceptors (Lipinski definition) is 7. The molecule has 2 heterocycles. The number of fused-ring (bicyclic) bond motifs is 2. The fraction of sp³-hybridized carbons (Fsp3) is 0.0357. The highest BCUT2D eigenvalue weighted by Gasteiger charge is 2.35. The number of aromatic carboxylic acids is 1. The van der Waals surface area contributed by atoms with Crippen molar-refractivity contribution >= 4 is 34.7 Å². The van der Waals surface area contributed by atoms with Crippen molar-refractivity contribution in [2.75, 3.05) is 17.1 Å². The van der Waals surface area contributed by atoms with Gasteiger partial charge in [0.15, 0.2) is 17.2 Å². The van der Waals surface area contributed by atoms with Gasteiger partial charge in [-0.3, -0.25) is 15.1 Å². The van der Waals surface area contributed by atoms with E-state index in [0.717, 1.165) is 0 Å². The molecular weight excluding hydrogens is 474 g/mol. The molecule has 3 N–H and O–H groups in total. The third kappa shape index (κ3) is 3.79. The number of ether oxygens (including phenoxy) is 2. The van der Waals surface area contributed by atoms with Gasteiger partial charge in [0.1, 0.15) is 5.75 Å². The third-order valence-corrected chi connectivity index (χ3v) is 6.16. The summed E-state index contributed by atoms with van der Waals surface area (Å²) in [4.78, 5) is 26.4. The molecular formula is C28H19N3O6. The maximum atomic E-state index is 13.5. The predicted octanol–water partition coefficient (Wildman–Crippen LogP) is 4.98. The highest BCUT2D eigenvalue weighted by Crippen LogP contribution is 2.41. The molecule has 1 amide bonds. The van der Waals surface area contributed by atoms with Crippen LogP contribution in [0.5, 0.6) is 17.2 Å². The fourth-order valence-corrected chi connectivity index (χ4v) is 4.39. The number of carbonyl (C=O) groups excluding carboxylic acids is 1. The van der Waals surface area contributed by atoms with Crippen LogP contribution in [0.1, 0.15) is 15.9 Å². The Morgan fingerprint density at radius 3 is 2.54 bits per heavy atom. The van der Waals surface area contributed by atoms with Gasteiger partial charge in [0, 0.05) is 17.2 Å². The van der Waals surface area contributed by atoms with Crippen molar-refractivity contribution in [3.8, 4) is 28.4 Å². The smallest absolute Gasteiger partial charge is 0.335 e. The number of hydrogen-bond donors (Lipinski definition) is 3. The first-order valence-corrected chi connectivity index (χ1v) is 11.3. The first-order chi connectivity index (χ1) is 18.0. The van der Waals surface area contributed by atoms with Gasteiger partial charge in [-0.15, -0.1) is 0 Å². The molecule has 0 bridgehead atoms. The number of nitrogens with one attached hydrogen (secondary N) is 1. The van der Waals surface area contributed by atoms with E-state index in [9.17, 15) is 19.8 Å². The lowest BCUT2D eigenvalue weighted by atomic mass is 10.0. The molecule has 2 aliphatic rings. The number of nitrogens with zero attached hydrogens (tertiary/aromatic N) is 2. The Balaban J connectivity index is 1.35. The number of aromatic hydroxyl groups is 1. The van der Waals surface area contributed by atoms with Crippen molar-refractivity contribution in [1.82, 2.24) is 0 Å². The summed E-state index contributed by atoms with van der Waals surface area (Å²) in [5.74, 6) is -0.367. The average molecular weight is 493 g/mol. The third-order valence-electron chi connectivity index (χ3n) is 6.16. The van der Waals surface area contributed by atoms with Gasteiger partial charge in [-0.05, 0) is 42.0 Å². The summed E-state index contributed by atoms with van der Waals surface area (Å²) in [6, 6.07) is 23.8. The maximum absolute atomic E-state index is 13.5. The number of rotatable bonds is 5. The molecule has 0 aromatic heterocycles. The van der Waals surface area contributed by atoms with Gasteiger partial charge in [-0.25, -0.2) is 4.79 Å². The van der Waals surface area contributed by atoms with Crippen molar-refractivity contribution in [1.29, 1.82) is 0 Å². The molecule has 182 valence electrons. The molecule has 2 aliphatic heterocycles. The van der Waals surface area contributed by atoms with E-state index in [0.29, 0.717) is 39.6 Å². The van der Waals surface area contributed by atoms with Crippen molar-refractivity contribution in [3.63, 3.8) is 0 Å². The van der Waals surface area contributed by atoms with Crippen LogP contribution >= 0.6 is 0 Å². The number of carboxylic acid groups (broad SMARTS) is 1. The number of phenolic OH excluding ortho intramolecular Hbond substituents is 1. The second-order valence-electron chi connectivity index (χ2n) is 8.36. The fourth-order valence-electron chi connectivity index (χ4n) is 4.39. The van der Waals surface area contributed by atoms with Gasteiger partial charge < -0.3 is 19.7 Å². The lowest BCUT2D eigenvalue weighted by Crippen LogP contribution is -2.26. The van der Waals surface area contributed by atoms with Crippen LogP contribution < -0.4 is 19.8 Å². The Kier molecular flexibility index (Phi) is 5.23. The summed E-state index contributed by atoms with van der Waals surface area (Å²) in [6.45, 7) is 0.128. The van der Waals surface area contributed by atoms with Crippen molar-refractivity contribution < 1.29 is 29.3 Å². The highest BCUT2D eigenvalue weighted by atomic mass is 16.7. The minimum Gasteiger partial charge on any atom is -0.505 e. The minimum absolute atomic E-state index is 0.104. The van der Waals surface area contributed by atoms with E-state index in [1.54, 1.807) is 59.5 Å². The molecule has 6 rings (SSSR count). The average Bonchev–Trinajstić information content (AvgIpc) is 3.49.